The first-order chi connectivity index (χ1) is 10.7. The second kappa shape index (κ2) is 6.57. The highest BCUT2D eigenvalue weighted by Gasteiger charge is 2.30. The zero-order valence-electron chi connectivity index (χ0n) is 13.4. The fourth-order valence-electron chi connectivity index (χ4n) is 3.05. The highest BCUT2D eigenvalue weighted by atomic mass is 16.5. The van der Waals surface area contributed by atoms with Crippen molar-refractivity contribution in [2.75, 3.05) is 26.7 Å². The van der Waals surface area contributed by atoms with Crippen molar-refractivity contribution in [3.05, 3.63) is 29.8 Å². The van der Waals surface area contributed by atoms with E-state index in [2.05, 4.69) is 34.7 Å². The minimum Gasteiger partial charge on any atom is -0.488 e. The molecule has 2 unspecified atom stereocenters. The van der Waals surface area contributed by atoms with E-state index in [0.29, 0.717) is 0 Å². The molecular formula is C17H25N3O2. The van der Waals surface area contributed by atoms with Crippen LogP contribution in [0.15, 0.2) is 29.3 Å². The van der Waals surface area contributed by atoms with Crippen LogP contribution in [0.5, 0.6) is 5.75 Å². The lowest BCUT2D eigenvalue weighted by atomic mass is 10.0. The third-order valence-corrected chi connectivity index (χ3v) is 4.36. The Balaban J connectivity index is 1.44. The summed E-state index contributed by atoms with van der Waals surface area (Å²) in [4.78, 5) is 4.27. The SMILES string of the molecule is CN=C(NCC1Cc2ccccc2O1)NCC1(C)CCCO1. The summed E-state index contributed by atoms with van der Waals surface area (Å²) in [5.41, 5.74) is 1.21. The number of hydrogen-bond acceptors (Lipinski definition) is 3. The van der Waals surface area contributed by atoms with Crippen molar-refractivity contribution >= 4 is 5.96 Å². The number of benzene rings is 1. The largest absolute Gasteiger partial charge is 0.488 e. The van der Waals surface area contributed by atoms with Crippen molar-refractivity contribution in [3.8, 4) is 5.75 Å². The number of guanidine groups is 1. The molecule has 2 heterocycles. The molecule has 0 aliphatic carbocycles. The quantitative estimate of drug-likeness (QED) is 0.657. The molecule has 1 aromatic carbocycles. The number of aliphatic imine (C=N–C) groups is 1. The monoisotopic (exact) mass is 303 g/mol. The summed E-state index contributed by atoms with van der Waals surface area (Å²) in [6.07, 6.45) is 3.34. The van der Waals surface area contributed by atoms with E-state index in [9.17, 15) is 0 Å². The Kier molecular flexibility index (Phi) is 4.52. The van der Waals surface area contributed by atoms with E-state index in [0.717, 1.165) is 50.7 Å². The van der Waals surface area contributed by atoms with Crippen LogP contribution in [0.3, 0.4) is 0 Å². The summed E-state index contributed by atoms with van der Waals surface area (Å²) in [6.45, 7) is 4.53. The molecule has 120 valence electrons. The van der Waals surface area contributed by atoms with Crippen molar-refractivity contribution in [2.24, 2.45) is 4.99 Å². The van der Waals surface area contributed by atoms with Crippen LogP contribution in [0.1, 0.15) is 25.3 Å². The van der Waals surface area contributed by atoms with Gasteiger partial charge in [0.1, 0.15) is 11.9 Å². The Labute approximate surface area is 132 Å². The standard InChI is InChI=1S/C17H25N3O2/c1-17(8-5-9-21-17)12-20-16(18-2)19-11-14-10-13-6-3-4-7-15(13)22-14/h3-4,6-7,14H,5,8-12H2,1-2H3,(H2,18,19,20). The average Bonchev–Trinajstić information content (AvgIpc) is 3.13. The molecule has 3 rings (SSSR count). The minimum absolute atomic E-state index is 0.0717. The molecular weight excluding hydrogens is 278 g/mol. The third-order valence-electron chi connectivity index (χ3n) is 4.36. The van der Waals surface area contributed by atoms with Crippen LogP contribution in [0.4, 0.5) is 0 Å². The number of ether oxygens (including phenoxy) is 2. The molecule has 2 aliphatic heterocycles. The van der Waals surface area contributed by atoms with E-state index >= 15 is 0 Å². The first-order valence-corrected chi connectivity index (χ1v) is 8.02. The molecule has 0 spiro atoms. The van der Waals surface area contributed by atoms with Crippen molar-refractivity contribution < 1.29 is 9.47 Å². The number of para-hydroxylation sites is 1. The molecule has 0 aromatic heterocycles. The first-order valence-electron chi connectivity index (χ1n) is 8.02. The van der Waals surface area contributed by atoms with Crippen LogP contribution in [-0.4, -0.2) is 44.4 Å². The molecule has 1 saturated heterocycles. The highest BCUT2D eigenvalue weighted by molar-refractivity contribution is 5.79. The number of nitrogens with one attached hydrogen (secondary N) is 2. The zero-order chi connectivity index (χ0) is 15.4. The van der Waals surface area contributed by atoms with Crippen molar-refractivity contribution in [2.45, 2.75) is 37.9 Å². The maximum Gasteiger partial charge on any atom is 0.191 e. The normalized spacial score (nSPS) is 27.4. The number of nitrogens with zero attached hydrogens (tertiary/aromatic N) is 1. The van der Waals surface area contributed by atoms with Gasteiger partial charge in [0.25, 0.3) is 0 Å². The Bertz CT molecular complexity index is 513. The number of hydrogen-bond donors (Lipinski definition) is 2. The van der Waals surface area contributed by atoms with Gasteiger partial charge in [-0.3, -0.25) is 4.99 Å². The molecule has 0 bridgehead atoms. The van der Waals surface area contributed by atoms with Gasteiger partial charge in [-0.25, -0.2) is 0 Å². The summed E-state index contributed by atoms with van der Waals surface area (Å²) >= 11 is 0. The Morgan fingerprint density at radius 2 is 2.23 bits per heavy atom. The summed E-state index contributed by atoms with van der Waals surface area (Å²) in [5.74, 6) is 1.81. The lowest BCUT2D eigenvalue weighted by Gasteiger charge is -2.25. The molecule has 22 heavy (non-hydrogen) atoms. The first kappa shape index (κ1) is 15.2. The summed E-state index contributed by atoms with van der Waals surface area (Å²) < 4.78 is 11.7. The molecule has 0 amide bonds. The van der Waals surface area contributed by atoms with Crippen LogP contribution >= 0.6 is 0 Å². The smallest absolute Gasteiger partial charge is 0.191 e. The molecule has 2 N–H and O–H groups in total. The maximum absolute atomic E-state index is 5.93. The lowest BCUT2D eigenvalue weighted by Crippen LogP contribution is -2.47. The van der Waals surface area contributed by atoms with Gasteiger partial charge in [-0.1, -0.05) is 18.2 Å². The van der Waals surface area contributed by atoms with Gasteiger partial charge >= 0.3 is 0 Å². The molecule has 0 radical (unpaired) electrons. The second-order valence-corrected chi connectivity index (χ2v) is 6.26. The fourth-order valence-corrected chi connectivity index (χ4v) is 3.05. The molecule has 5 nitrogen and oxygen atoms in total. The van der Waals surface area contributed by atoms with E-state index in [1.54, 1.807) is 7.05 Å². The topological polar surface area (TPSA) is 54.9 Å². The predicted octanol–water partition coefficient (Wildman–Crippen LogP) is 1.72. The van der Waals surface area contributed by atoms with Crippen LogP contribution < -0.4 is 15.4 Å². The average molecular weight is 303 g/mol. The van der Waals surface area contributed by atoms with Gasteiger partial charge in [0, 0.05) is 26.6 Å². The molecule has 2 atom stereocenters. The Morgan fingerprint density at radius 3 is 2.95 bits per heavy atom. The van der Waals surface area contributed by atoms with Crippen molar-refractivity contribution in [1.82, 2.24) is 10.6 Å². The van der Waals surface area contributed by atoms with Gasteiger partial charge in [-0.2, -0.15) is 0 Å². The van der Waals surface area contributed by atoms with Gasteiger partial charge in [-0.05, 0) is 31.4 Å². The van der Waals surface area contributed by atoms with Gasteiger partial charge in [0.05, 0.1) is 12.1 Å². The Morgan fingerprint density at radius 1 is 1.36 bits per heavy atom. The van der Waals surface area contributed by atoms with Crippen LogP contribution in [0, 0.1) is 0 Å². The summed E-state index contributed by atoms with van der Waals surface area (Å²) in [6, 6.07) is 8.22. The molecule has 2 aliphatic rings. The van der Waals surface area contributed by atoms with Crippen LogP contribution in [0.2, 0.25) is 0 Å². The van der Waals surface area contributed by atoms with Crippen LogP contribution in [0.25, 0.3) is 0 Å². The van der Waals surface area contributed by atoms with E-state index in [-0.39, 0.29) is 11.7 Å². The number of fused-ring (bicyclic) bond motifs is 1. The highest BCUT2D eigenvalue weighted by Crippen LogP contribution is 2.27. The zero-order valence-corrected chi connectivity index (χ0v) is 13.4. The van der Waals surface area contributed by atoms with E-state index < -0.39 is 0 Å². The number of rotatable bonds is 4. The van der Waals surface area contributed by atoms with Gasteiger partial charge < -0.3 is 20.1 Å². The lowest BCUT2D eigenvalue weighted by molar-refractivity contribution is 0.0242. The van der Waals surface area contributed by atoms with Gasteiger partial charge in [-0.15, -0.1) is 0 Å². The molecule has 5 heteroatoms. The Hall–Kier alpha value is -1.75. The van der Waals surface area contributed by atoms with Crippen LogP contribution in [-0.2, 0) is 11.2 Å². The fraction of sp³-hybridized carbons (Fsp3) is 0.588. The third kappa shape index (κ3) is 3.53. The minimum atomic E-state index is -0.0717. The summed E-state index contributed by atoms with van der Waals surface area (Å²) in [7, 11) is 1.79. The van der Waals surface area contributed by atoms with E-state index in [1.807, 2.05) is 12.1 Å². The van der Waals surface area contributed by atoms with Gasteiger partial charge in [0.15, 0.2) is 5.96 Å². The predicted molar refractivity (Wildman–Crippen MR) is 87.5 cm³/mol. The maximum atomic E-state index is 5.93. The van der Waals surface area contributed by atoms with Crippen molar-refractivity contribution in [1.29, 1.82) is 0 Å². The van der Waals surface area contributed by atoms with E-state index in [1.165, 1.54) is 5.56 Å². The molecule has 0 saturated carbocycles. The van der Waals surface area contributed by atoms with Gasteiger partial charge in [0.2, 0.25) is 0 Å². The van der Waals surface area contributed by atoms with E-state index in [4.69, 9.17) is 9.47 Å². The summed E-state index contributed by atoms with van der Waals surface area (Å²) in [5, 5.41) is 6.70. The van der Waals surface area contributed by atoms with Crippen molar-refractivity contribution in [3.63, 3.8) is 0 Å². The molecule has 1 aromatic rings. The second-order valence-electron chi connectivity index (χ2n) is 6.26. The molecule has 1 fully saturated rings.